The molecule has 2 N–H and O–H groups in total. The molecular weight excluding hydrogens is 110 g/mol. The topological polar surface area (TPSA) is 50.7 Å². The van der Waals surface area contributed by atoms with Gasteiger partial charge in [-0.3, -0.25) is 0 Å². The second kappa shape index (κ2) is 1.38. The van der Waals surface area contributed by atoms with E-state index in [-0.39, 0.29) is 0 Å². The van der Waals surface area contributed by atoms with Gasteiger partial charge in [0.05, 0.1) is 6.21 Å². The fourth-order valence-electron chi connectivity index (χ4n) is 0.290. The average Bonchev–Trinajstić information content (AvgIpc) is 1.87. The summed E-state index contributed by atoms with van der Waals surface area (Å²) < 4.78 is 0. The molecule has 7 heavy (non-hydrogen) atoms. The summed E-state index contributed by atoms with van der Waals surface area (Å²) in [4.78, 5) is 7.19. The Labute approximate surface area is 46.0 Å². The van der Waals surface area contributed by atoms with Gasteiger partial charge in [0.25, 0.3) is 0 Å². The van der Waals surface area contributed by atoms with Crippen LogP contribution in [0.25, 0.3) is 0 Å². The minimum atomic E-state index is 0.317. The SMILES string of the molecule is NC1=NC(=S)N=C1. The first kappa shape index (κ1) is 4.39. The van der Waals surface area contributed by atoms with Crippen molar-refractivity contribution in [1.29, 1.82) is 0 Å². The quantitative estimate of drug-likeness (QED) is 0.439. The number of hydrogen-bond acceptors (Lipinski definition) is 2. The van der Waals surface area contributed by atoms with Crippen molar-refractivity contribution >= 4 is 29.4 Å². The smallest absolute Gasteiger partial charge is 0.221 e. The maximum atomic E-state index is 5.14. The summed E-state index contributed by atoms with van der Waals surface area (Å²) in [7, 11) is 0. The molecule has 0 aliphatic carbocycles. The van der Waals surface area contributed by atoms with E-state index in [9.17, 15) is 0 Å². The number of amidine groups is 1. The van der Waals surface area contributed by atoms with E-state index in [2.05, 4.69) is 22.2 Å². The Bertz CT molecular complexity index is 158. The normalized spacial score (nSPS) is 17.7. The van der Waals surface area contributed by atoms with Crippen molar-refractivity contribution in [2.45, 2.75) is 0 Å². The van der Waals surface area contributed by atoms with E-state index in [1.54, 1.807) is 0 Å². The van der Waals surface area contributed by atoms with Gasteiger partial charge < -0.3 is 5.73 Å². The molecule has 0 aromatic heterocycles. The van der Waals surface area contributed by atoms with Crippen LogP contribution in [0, 0.1) is 0 Å². The summed E-state index contributed by atoms with van der Waals surface area (Å²) in [5, 5.41) is 0.317. The minimum absolute atomic E-state index is 0.317. The first-order valence-corrected chi connectivity index (χ1v) is 2.12. The van der Waals surface area contributed by atoms with Crippen LogP contribution in [-0.2, 0) is 0 Å². The molecule has 0 radical (unpaired) electrons. The van der Waals surface area contributed by atoms with Crippen LogP contribution in [0.5, 0.6) is 0 Å². The minimum Gasteiger partial charge on any atom is -0.382 e. The van der Waals surface area contributed by atoms with Crippen molar-refractivity contribution in [2.75, 3.05) is 0 Å². The van der Waals surface area contributed by atoms with E-state index >= 15 is 0 Å². The van der Waals surface area contributed by atoms with Crippen LogP contribution in [0.2, 0.25) is 0 Å². The molecule has 0 aromatic carbocycles. The van der Waals surface area contributed by atoms with E-state index in [4.69, 9.17) is 5.73 Å². The number of nitrogens with zero attached hydrogens (tertiary/aromatic N) is 2. The third-order valence-corrected chi connectivity index (χ3v) is 0.729. The van der Waals surface area contributed by atoms with E-state index in [1.165, 1.54) is 6.21 Å². The summed E-state index contributed by atoms with van der Waals surface area (Å²) in [6, 6.07) is 0. The summed E-state index contributed by atoms with van der Waals surface area (Å²) in [6.07, 6.45) is 1.43. The fourth-order valence-corrected chi connectivity index (χ4v) is 0.448. The molecule has 3 nitrogen and oxygen atoms in total. The highest BCUT2D eigenvalue weighted by molar-refractivity contribution is 7.80. The first-order chi connectivity index (χ1) is 3.29. The van der Waals surface area contributed by atoms with Crippen LogP contribution in [0.15, 0.2) is 9.98 Å². The second-order valence-electron chi connectivity index (χ2n) is 1.08. The maximum Gasteiger partial charge on any atom is 0.221 e. The molecule has 1 aliphatic heterocycles. The summed E-state index contributed by atoms with van der Waals surface area (Å²) >= 11 is 4.53. The summed E-state index contributed by atoms with van der Waals surface area (Å²) in [5.74, 6) is 0.394. The molecule has 0 amide bonds. The summed E-state index contributed by atoms with van der Waals surface area (Å²) in [5.41, 5.74) is 5.14. The van der Waals surface area contributed by atoms with Gasteiger partial charge >= 0.3 is 0 Å². The van der Waals surface area contributed by atoms with E-state index in [1.807, 2.05) is 0 Å². The molecule has 0 unspecified atom stereocenters. The lowest BCUT2D eigenvalue weighted by molar-refractivity contribution is 1.64. The van der Waals surface area contributed by atoms with Crippen molar-refractivity contribution in [3.8, 4) is 0 Å². The van der Waals surface area contributed by atoms with Crippen LogP contribution >= 0.6 is 12.2 Å². The third-order valence-electron chi connectivity index (χ3n) is 0.532. The zero-order valence-electron chi connectivity index (χ0n) is 3.46. The van der Waals surface area contributed by atoms with Gasteiger partial charge in [0.2, 0.25) is 5.11 Å². The van der Waals surface area contributed by atoms with Crippen molar-refractivity contribution in [1.82, 2.24) is 0 Å². The highest BCUT2D eigenvalue weighted by Gasteiger charge is 1.96. The Morgan fingerprint density at radius 3 is 2.57 bits per heavy atom. The van der Waals surface area contributed by atoms with Gasteiger partial charge in [-0.25, -0.2) is 4.99 Å². The Hall–Kier alpha value is -0.770. The predicted octanol–water partition coefficient (Wildman–Crippen LogP) is -0.287. The van der Waals surface area contributed by atoms with Crippen molar-refractivity contribution in [2.24, 2.45) is 15.7 Å². The molecular formula is C3H3N3S. The zero-order chi connectivity index (χ0) is 5.28. The molecule has 1 aliphatic rings. The van der Waals surface area contributed by atoms with Crippen LogP contribution in [-0.4, -0.2) is 17.2 Å². The van der Waals surface area contributed by atoms with Crippen molar-refractivity contribution in [3.63, 3.8) is 0 Å². The lowest BCUT2D eigenvalue weighted by atomic mass is 10.7. The molecule has 4 heteroatoms. The van der Waals surface area contributed by atoms with E-state index in [0.29, 0.717) is 10.9 Å². The average molecular weight is 113 g/mol. The fraction of sp³-hybridized carbons (Fsp3) is 0. The number of aliphatic imine (C=N–C) groups is 2. The molecule has 0 saturated heterocycles. The third kappa shape index (κ3) is 0.806. The van der Waals surface area contributed by atoms with Gasteiger partial charge in [-0.15, -0.1) is 0 Å². The van der Waals surface area contributed by atoms with Gasteiger partial charge in [0.15, 0.2) is 0 Å². The number of rotatable bonds is 0. The van der Waals surface area contributed by atoms with Gasteiger partial charge in [0, 0.05) is 0 Å². The zero-order valence-corrected chi connectivity index (χ0v) is 4.27. The molecule has 0 fully saturated rings. The molecule has 0 atom stereocenters. The molecule has 1 heterocycles. The van der Waals surface area contributed by atoms with E-state index in [0.717, 1.165) is 0 Å². The van der Waals surface area contributed by atoms with Gasteiger partial charge in [-0.1, -0.05) is 0 Å². The Morgan fingerprint density at radius 2 is 2.43 bits per heavy atom. The molecule has 1 rings (SSSR count). The Balaban J connectivity index is 2.88. The summed E-state index contributed by atoms with van der Waals surface area (Å²) in [6.45, 7) is 0. The van der Waals surface area contributed by atoms with Gasteiger partial charge in [-0.2, -0.15) is 4.99 Å². The van der Waals surface area contributed by atoms with Gasteiger partial charge in [0.1, 0.15) is 5.84 Å². The Morgan fingerprint density at radius 1 is 1.71 bits per heavy atom. The first-order valence-electron chi connectivity index (χ1n) is 1.71. The predicted molar refractivity (Wildman–Crippen MR) is 32.7 cm³/mol. The van der Waals surface area contributed by atoms with Crippen LogP contribution in [0.3, 0.4) is 0 Å². The highest BCUT2D eigenvalue weighted by atomic mass is 32.1. The standard InChI is InChI=1S/C3H3N3S/c4-2-1-5-3(7)6-2/h1H,(H2,4,6,7). The second-order valence-corrected chi connectivity index (χ2v) is 1.44. The number of nitrogens with two attached hydrogens (primary N) is 1. The molecule has 0 aromatic rings. The molecule has 0 bridgehead atoms. The van der Waals surface area contributed by atoms with Crippen molar-refractivity contribution < 1.29 is 0 Å². The lowest BCUT2D eigenvalue weighted by Crippen LogP contribution is -2.08. The highest BCUT2D eigenvalue weighted by Crippen LogP contribution is 1.87. The largest absolute Gasteiger partial charge is 0.382 e. The Kier molecular flexibility index (Phi) is 0.867. The van der Waals surface area contributed by atoms with Gasteiger partial charge in [-0.05, 0) is 12.2 Å². The van der Waals surface area contributed by atoms with E-state index < -0.39 is 0 Å². The molecule has 0 saturated carbocycles. The van der Waals surface area contributed by atoms with Crippen molar-refractivity contribution in [3.05, 3.63) is 0 Å². The van der Waals surface area contributed by atoms with Crippen LogP contribution in [0.4, 0.5) is 0 Å². The van der Waals surface area contributed by atoms with Crippen LogP contribution < -0.4 is 5.73 Å². The number of hydrogen-bond donors (Lipinski definition) is 1. The number of thiocarbonyl (C=S) groups is 1. The lowest BCUT2D eigenvalue weighted by Gasteiger charge is -1.72. The molecule has 0 spiro atoms. The maximum absolute atomic E-state index is 5.14. The molecule has 36 valence electrons. The van der Waals surface area contributed by atoms with Crippen LogP contribution in [0.1, 0.15) is 0 Å². The monoisotopic (exact) mass is 113 g/mol.